The van der Waals surface area contributed by atoms with E-state index in [-0.39, 0.29) is 11.9 Å². The molecule has 1 aromatic rings. The minimum absolute atomic E-state index is 0.000587. The van der Waals surface area contributed by atoms with E-state index >= 15 is 0 Å². The first-order chi connectivity index (χ1) is 10.3. The monoisotopic (exact) mass is 291 g/mol. The normalized spacial score (nSPS) is 15.7. The molecule has 0 radical (unpaired) electrons. The van der Waals surface area contributed by atoms with Gasteiger partial charge in [0, 0.05) is 37.6 Å². The van der Waals surface area contributed by atoms with E-state index in [1.807, 2.05) is 18.2 Å². The molecule has 1 heterocycles. The highest BCUT2D eigenvalue weighted by Gasteiger charge is 2.23. The van der Waals surface area contributed by atoms with Crippen LogP contribution in [0.1, 0.15) is 32.3 Å². The van der Waals surface area contributed by atoms with Crippen molar-refractivity contribution < 1.29 is 14.3 Å². The zero-order valence-corrected chi connectivity index (χ0v) is 13.0. The van der Waals surface area contributed by atoms with Crippen LogP contribution < -0.4 is 4.90 Å². The third-order valence-electron chi connectivity index (χ3n) is 4.02. The molecule has 1 aromatic carbocycles. The molecule has 0 unspecified atom stereocenters. The molecule has 0 bridgehead atoms. The fourth-order valence-corrected chi connectivity index (χ4v) is 2.71. The Morgan fingerprint density at radius 3 is 2.57 bits per heavy atom. The van der Waals surface area contributed by atoms with Crippen molar-refractivity contribution in [1.29, 1.82) is 0 Å². The zero-order chi connectivity index (χ0) is 15.1. The molecule has 2 rings (SSSR count). The summed E-state index contributed by atoms with van der Waals surface area (Å²) < 4.78 is 10.8. The second-order valence-corrected chi connectivity index (χ2v) is 5.30. The fraction of sp³-hybridized carbons (Fsp3) is 0.588. The number of carbonyl (C=O) groups excluding carboxylic acids is 1. The lowest BCUT2D eigenvalue weighted by molar-refractivity contribution is -0.153. The largest absolute Gasteiger partial charge is 0.461 e. The van der Waals surface area contributed by atoms with Crippen LogP contribution in [0.3, 0.4) is 0 Å². The number of nitrogens with zero attached hydrogens (tertiary/aromatic N) is 1. The molecule has 4 nitrogen and oxygen atoms in total. The van der Waals surface area contributed by atoms with Gasteiger partial charge in [-0.05, 0) is 32.8 Å². The number of benzene rings is 1. The van der Waals surface area contributed by atoms with Gasteiger partial charge in [-0.15, -0.1) is 0 Å². The van der Waals surface area contributed by atoms with Gasteiger partial charge in [0.25, 0.3) is 0 Å². The molecule has 1 saturated heterocycles. The number of carbonyl (C=O) groups is 1. The summed E-state index contributed by atoms with van der Waals surface area (Å²) >= 11 is 0. The topological polar surface area (TPSA) is 38.8 Å². The second kappa shape index (κ2) is 8.03. The molecule has 1 fully saturated rings. The van der Waals surface area contributed by atoms with E-state index < -0.39 is 0 Å². The van der Waals surface area contributed by atoms with Gasteiger partial charge in [0.05, 0.1) is 5.92 Å². The van der Waals surface area contributed by atoms with Crippen LogP contribution in [0.15, 0.2) is 24.3 Å². The minimum atomic E-state index is -0.0901. The molecule has 0 aliphatic carbocycles. The van der Waals surface area contributed by atoms with E-state index in [0.29, 0.717) is 19.8 Å². The van der Waals surface area contributed by atoms with Crippen molar-refractivity contribution >= 4 is 11.7 Å². The number of esters is 1. The summed E-state index contributed by atoms with van der Waals surface area (Å²) in [4.78, 5) is 14.4. The maximum atomic E-state index is 12.1. The van der Waals surface area contributed by atoms with Gasteiger partial charge < -0.3 is 14.4 Å². The Kier molecular flexibility index (Phi) is 6.05. The molecule has 0 saturated carbocycles. The van der Waals surface area contributed by atoms with Gasteiger partial charge in [-0.2, -0.15) is 0 Å². The third kappa shape index (κ3) is 4.21. The number of hydrogen-bond acceptors (Lipinski definition) is 4. The first-order valence-electron chi connectivity index (χ1n) is 7.83. The molecule has 21 heavy (non-hydrogen) atoms. The number of anilines is 1. The van der Waals surface area contributed by atoms with E-state index in [0.717, 1.165) is 37.2 Å². The Hall–Kier alpha value is -1.55. The van der Waals surface area contributed by atoms with Crippen molar-refractivity contribution in [2.24, 2.45) is 5.92 Å². The van der Waals surface area contributed by atoms with Gasteiger partial charge in [0.15, 0.2) is 0 Å². The van der Waals surface area contributed by atoms with Crippen molar-refractivity contribution in [3.63, 3.8) is 0 Å². The molecule has 4 heteroatoms. The average Bonchev–Trinajstić information content (AvgIpc) is 2.55. The number of ether oxygens (including phenoxy) is 2. The molecule has 0 atom stereocenters. The van der Waals surface area contributed by atoms with Crippen LogP contribution in [0, 0.1) is 5.92 Å². The summed E-state index contributed by atoms with van der Waals surface area (Å²) in [7, 11) is 0. The standard InChI is InChI=1S/C17H25NO3/c1-3-18(4-2)16-8-6-5-7-15(16)13-21-17(19)14-9-11-20-12-10-14/h5-8,14H,3-4,9-13H2,1-2H3. The first-order valence-corrected chi connectivity index (χ1v) is 7.83. The number of hydrogen-bond donors (Lipinski definition) is 0. The molecular formula is C17H25NO3. The van der Waals surface area contributed by atoms with Gasteiger partial charge in [-0.3, -0.25) is 4.79 Å². The molecule has 1 aliphatic heterocycles. The van der Waals surface area contributed by atoms with Crippen molar-refractivity contribution in [2.45, 2.75) is 33.3 Å². The van der Waals surface area contributed by atoms with Crippen LogP contribution in [0.4, 0.5) is 5.69 Å². The Bertz CT molecular complexity index is 451. The Morgan fingerprint density at radius 2 is 1.90 bits per heavy atom. The highest BCUT2D eigenvalue weighted by atomic mass is 16.5. The van der Waals surface area contributed by atoms with Crippen molar-refractivity contribution in [2.75, 3.05) is 31.2 Å². The van der Waals surface area contributed by atoms with Gasteiger partial charge >= 0.3 is 5.97 Å². The van der Waals surface area contributed by atoms with E-state index in [9.17, 15) is 4.79 Å². The lowest BCUT2D eigenvalue weighted by Crippen LogP contribution is -2.26. The molecule has 0 amide bonds. The summed E-state index contributed by atoms with van der Waals surface area (Å²) in [5.74, 6) is -0.0907. The molecule has 0 aromatic heterocycles. The number of para-hydroxylation sites is 1. The smallest absolute Gasteiger partial charge is 0.309 e. The maximum absolute atomic E-state index is 12.1. The van der Waals surface area contributed by atoms with Gasteiger partial charge in [0.2, 0.25) is 0 Å². The third-order valence-corrected chi connectivity index (χ3v) is 4.02. The Balaban J connectivity index is 1.97. The maximum Gasteiger partial charge on any atom is 0.309 e. The van der Waals surface area contributed by atoms with Gasteiger partial charge in [-0.1, -0.05) is 18.2 Å². The fourth-order valence-electron chi connectivity index (χ4n) is 2.71. The van der Waals surface area contributed by atoms with Crippen molar-refractivity contribution in [3.8, 4) is 0 Å². The molecule has 0 spiro atoms. The highest BCUT2D eigenvalue weighted by Crippen LogP contribution is 2.22. The van der Waals surface area contributed by atoms with E-state index in [1.54, 1.807) is 0 Å². The van der Waals surface area contributed by atoms with Crippen LogP contribution >= 0.6 is 0 Å². The zero-order valence-electron chi connectivity index (χ0n) is 13.0. The molecular weight excluding hydrogens is 266 g/mol. The van der Waals surface area contributed by atoms with E-state index in [4.69, 9.17) is 9.47 Å². The van der Waals surface area contributed by atoms with Crippen LogP contribution in [-0.4, -0.2) is 32.3 Å². The minimum Gasteiger partial charge on any atom is -0.461 e. The Morgan fingerprint density at radius 1 is 1.24 bits per heavy atom. The summed E-state index contributed by atoms with van der Waals surface area (Å²) in [6, 6.07) is 8.14. The lowest BCUT2D eigenvalue weighted by atomic mass is 10.0. The number of rotatable bonds is 6. The van der Waals surface area contributed by atoms with Crippen LogP contribution in [0.2, 0.25) is 0 Å². The van der Waals surface area contributed by atoms with Crippen molar-refractivity contribution in [1.82, 2.24) is 0 Å². The predicted octanol–water partition coefficient (Wildman–Crippen LogP) is 3.00. The van der Waals surface area contributed by atoms with Crippen LogP contribution in [0.5, 0.6) is 0 Å². The predicted molar refractivity (Wildman–Crippen MR) is 83.3 cm³/mol. The Labute approximate surface area is 127 Å². The van der Waals surface area contributed by atoms with E-state index in [1.165, 1.54) is 0 Å². The van der Waals surface area contributed by atoms with Crippen LogP contribution in [-0.2, 0) is 20.9 Å². The average molecular weight is 291 g/mol. The second-order valence-electron chi connectivity index (χ2n) is 5.30. The summed E-state index contributed by atoms with van der Waals surface area (Å²) in [6.07, 6.45) is 1.55. The summed E-state index contributed by atoms with van der Waals surface area (Å²) in [5, 5.41) is 0. The quantitative estimate of drug-likeness (QED) is 0.755. The first kappa shape index (κ1) is 15.8. The van der Waals surface area contributed by atoms with Gasteiger partial charge in [0.1, 0.15) is 6.61 Å². The molecule has 0 N–H and O–H groups in total. The summed E-state index contributed by atoms with van der Waals surface area (Å²) in [6.45, 7) is 7.83. The highest BCUT2D eigenvalue weighted by molar-refractivity contribution is 5.72. The SMILES string of the molecule is CCN(CC)c1ccccc1COC(=O)C1CCOCC1. The van der Waals surface area contributed by atoms with Gasteiger partial charge in [-0.25, -0.2) is 0 Å². The lowest BCUT2D eigenvalue weighted by Gasteiger charge is -2.25. The summed E-state index contributed by atoms with van der Waals surface area (Å²) in [5.41, 5.74) is 2.23. The molecule has 116 valence electrons. The molecule has 1 aliphatic rings. The van der Waals surface area contributed by atoms with Crippen molar-refractivity contribution in [3.05, 3.63) is 29.8 Å². The van der Waals surface area contributed by atoms with E-state index in [2.05, 4.69) is 24.8 Å². The van der Waals surface area contributed by atoms with Crippen LogP contribution in [0.25, 0.3) is 0 Å².